The molecule has 0 saturated carbocycles. The molecule has 8 nitrogen and oxygen atoms in total. The van der Waals surface area contributed by atoms with Crippen LogP contribution in [0.15, 0.2) is 12.1 Å². The molecule has 0 saturated heterocycles. The van der Waals surface area contributed by atoms with Gasteiger partial charge in [0.15, 0.2) is 0 Å². The van der Waals surface area contributed by atoms with E-state index >= 15 is 0 Å². The number of hydrogen-bond donors (Lipinski definition) is 3. The van der Waals surface area contributed by atoms with Crippen LogP contribution in [0.4, 0.5) is 19.0 Å². The third kappa shape index (κ3) is 10.7. The maximum Gasteiger partial charge on any atom is 0.389 e. The van der Waals surface area contributed by atoms with Crippen molar-refractivity contribution < 1.29 is 32.6 Å². The van der Waals surface area contributed by atoms with Crippen LogP contribution < -0.4 is 10.6 Å². The molecule has 11 heteroatoms. The lowest BCUT2D eigenvalue weighted by atomic mass is 10.0. The lowest BCUT2D eigenvalue weighted by molar-refractivity contribution is -0.156. The van der Waals surface area contributed by atoms with Gasteiger partial charge in [-0.3, -0.25) is 4.79 Å². The number of pyridine rings is 1. The molecule has 1 amide bonds. The molecule has 0 bridgehead atoms. The standard InChI is InChI=1S/C25H39F3N4O4/c1-3-18(17-25(26,27)28)23(33)31-21(24(34)35)11-14-32(15-16-36-2)13-5-4-8-20-10-9-19-7-6-12-29-22(19)30-20/h9-10,18,21H,3-8,11-17H2,1-2H3,(H,29,30)(H,31,33)(H,34,35). The number of alkyl halides is 3. The van der Waals surface area contributed by atoms with Crippen LogP contribution in [0.2, 0.25) is 0 Å². The molecule has 3 N–H and O–H groups in total. The number of aromatic nitrogens is 1. The summed E-state index contributed by atoms with van der Waals surface area (Å²) in [4.78, 5) is 30.8. The first-order valence-electron chi connectivity index (χ1n) is 12.7. The monoisotopic (exact) mass is 516 g/mol. The molecule has 36 heavy (non-hydrogen) atoms. The number of carboxylic acid groups (broad SMARTS) is 1. The molecule has 1 aromatic rings. The van der Waals surface area contributed by atoms with Crippen LogP contribution >= 0.6 is 0 Å². The smallest absolute Gasteiger partial charge is 0.389 e. The van der Waals surface area contributed by atoms with Crippen molar-refractivity contribution in [3.8, 4) is 0 Å². The summed E-state index contributed by atoms with van der Waals surface area (Å²) in [5, 5.41) is 15.2. The van der Waals surface area contributed by atoms with Gasteiger partial charge in [-0.1, -0.05) is 13.0 Å². The summed E-state index contributed by atoms with van der Waals surface area (Å²) in [6.45, 7) is 4.55. The highest BCUT2D eigenvalue weighted by Gasteiger charge is 2.35. The topological polar surface area (TPSA) is 104 Å². The maximum absolute atomic E-state index is 12.7. The van der Waals surface area contributed by atoms with E-state index in [9.17, 15) is 27.9 Å². The first kappa shape index (κ1) is 29.8. The Morgan fingerprint density at radius 1 is 1.25 bits per heavy atom. The molecule has 204 valence electrons. The quantitative estimate of drug-likeness (QED) is 0.288. The van der Waals surface area contributed by atoms with Gasteiger partial charge in [-0.2, -0.15) is 13.2 Å². The number of fused-ring (bicyclic) bond motifs is 1. The number of aryl methyl sites for hydroxylation is 2. The summed E-state index contributed by atoms with van der Waals surface area (Å²) in [6.07, 6.45) is -0.923. The average Bonchev–Trinajstić information content (AvgIpc) is 2.84. The molecule has 1 aliphatic rings. The number of unbranched alkanes of at least 4 members (excludes halogenated alkanes) is 1. The van der Waals surface area contributed by atoms with Crippen molar-refractivity contribution in [3.05, 3.63) is 23.4 Å². The highest BCUT2D eigenvalue weighted by Crippen LogP contribution is 2.27. The van der Waals surface area contributed by atoms with Crippen molar-refractivity contribution in [3.63, 3.8) is 0 Å². The molecule has 0 radical (unpaired) electrons. The van der Waals surface area contributed by atoms with Gasteiger partial charge < -0.3 is 25.4 Å². The number of methoxy groups -OCH3 is 1. The van der Waals surface area contributed by atoms with Gasteiger partial charge in [0.2, 0.25) is 5.91 Å². The van der Waals surface area contributed by atoms with Crippen molar-refractivity contribution in [1.82, 2.24) is 15.2 Å². The molecular formula is C25H39F3N4O4. The lowest BCUT2D eigenvalue weighted by Crippen LogP contribution is -2.46. The average molecular weight is 517 g/mol. The first-order chi connectivity index (χ1) is 17.1. The molecule has 0 spiro atoms. The van der Waals surface area contributed by atoms with E-state index in [0.29, 0.717) is 26.2 Å². The van der Waals surface area contributed by atoms with Gasteiger partial charge in [0.1, 0.15) is 11.9 Å². The van der Waals surface area contributed by atoms with Crippen LogP contribution in [0.25, 0.3) is 0 Å². The minimum Gasteiger partial charge on any atom is -0.480 e. The van der Waals surface area contributed by atoms with Crippen molar-refractivity contribution in [2.24, 2.45) is 5.92 Å². The molecule has 2 atom stereocenters. The predicted octanol–water partition coefficient (Wildman–Crippen LogP) is 3.65. The Morgan fingerprint density at radius 3 is 2.69 bits per heavy atom. The Kier molecular flexibility index (Phi) is 12.4. The first-order valence-corrected chi connectivity index (χ1v) is 12.7. The second-order valence-electron chi connectivity index (χ2n) is 9.24. The molecular weight excluding hydrogens is 477 g/mol. The number of rotatable bonds is 16. The highest BCUT2D eigenvalue weighted by molar-refractivity contribution is 5.85. The van der Waals surface area contributed by atoms with Gasteiger partial charge in [-0.25, -0.2) is 9.78 Å². The third-order valence-corrected chi connectivity index (χ3v) is 6.41. The van der Waals surface area contributed by atoms with Crippen LogP contribution in [0.5, 0.6) is 0 Å². The minimum absolute atomic E-state index is 0.0210. The zero-order valence-corrected chi connectivity index (χ0v) is 21.2. The summed E-state index contributed by atoms with van der Waals surface area (Å²) < 4.78 is 43.4. The van der Waals surface area contributed by atoms with E-state index in [0.717, 1.165) is 50.2 Å². The van der Waals surface area contributed by atoms with E-state index in [1.807, 2.05) is 0 Å². The third-order valence-electron chi connectivity index (χ3n) is 6.41. The number of nitrogens with zero attached hydrogens (tertiary/aromatic N) is 2. The van der Waals surface area contributed by atoms with Gasteiger partial charge in [0.05, 0.1) is 13.0 Å². The van der Waals surface area contributed by atoms with Gasteiger partial charge in [0.25, 0.3) is 0 Å². The van der Waals surface area contributed by atoms with E-state index in [1.54, 1.807) is 7.11 Å². The SMILES string of the molecule is CCC(CC(F)(F)F)C(=O)NC(CCN(CCCCc1ccc2c(n1)NCCC2)CCOC)C(=O)O. The van der Waals surface area contributed by atoms with E-state index in [4.69, 9.17) is 9.72 Å². The van der Waals surface area contributed by atoms with Crippen molar-refractivity contribution in [1.29, 1.82) is 0 Å². The number of carbonyl (C=O) groups is 2. The second kappa shape index (κ2) is 15.0. The van der Waals surface area contributed by atoms with E-state index in [2.05, 4.69) is 27.7 Å². The summed E-state index contributed by atoms with van der Waals surface area (Å²) in [5.74, 6) is -2.46. The van der Waals surface area contributed by atoms with E-state index in [1.165, 1.54) is 12.5 Å². The summed E-state index contributed by atoms with van der Waals surface area (Å²) in [6, 6.07) is 2.95. The number of nitrogens with one attached hydrogen (secondary N) is 2. The number of hydrogen-bond acceptors (Lipinski definition) is 6. The number of amides is 1. The van der Waals surface area contributed by atoms with Crippen molar-refractivity contribution in [2.45, 2.75) is 70.5 Å². The molecule has 0 fully saturated rings. The Labute approximate surface area is 211 Å². The summed E-state index contributed by atoms with van der Waals surface area (Å²) in [5.41, 5.74) is 2.28. The Bertz CT molecular complexity index is 838. The van der Waals surface area contributed by atoms with E-state index < -0.39 is 36.4 Å². The van der Waals surface area contributed by atoms with Crippen LogP contribution in [0.3, 0.4) is 0 Å². The number of carboxylic acids is 1. The van der Waals surface area contributed by atoms with Crippen molar-refractivity contribution >= 4 is 17.7 Å². The molecule has 1 aromatic heterocycles. The van der Waals surface area contributed by atoms with Crippen molar-refractivity contribution in [2.75, 3.05) is 45.2 Å². The number of carbonyl (C=O) groups excluding carboxylic acids is 1. The van der Waals surface area contributed by atoms with Gasteiger partial charge in [0, 0.05) is 38.4 Å². The Balaban J connectivity index is 1.84. The fourth-order valence-corrected chi connectivity index (χ4v) is 4.27. The van der Waals surface area contributed by atoms with Crippen LogP contribution in [-0.2, 0) is 27.2 Å². The highest BCUT2D eigenvalue weighted by atomic mass is 19.4. The fourth-order valence-electron chi connectivity index (χ4n) is 4.27. The van der Waals surface area contributed by atoms with Gasteiger partial charge in [-0.15, -0.1) is 0 Å². The lowest BCUT2D eigenvalue weighted by Gasteiger charge is -2.25. The molecule has 0 aliphatic carbocycles. The second-order valence-corrected chi connectivity index (χ2v) is 9.24. The van der Waals surface area contributed by atoms with Gasteiger partial charge >= 0.3 is 12.1 Å². The van der Waals surface area contributed by atoms with Crippen LogP contribution in [0, 0.1) is 5.92 Å². The Hall–Kier alpha value is -2.40. The van der Waals surface area contributed by atoms with Gasteiger partial charge in [-0.05, 0) is 63.1 Å². The summed E-state index contributed by atoms with van der Waals surface area (Å²) in [7, 11) is 1.58. The number of ether oxygens (including phenoxy) is 1. The molecule has 2 rings (SSSR count). The number of anilines is 1. The normalized spacial score (nSPS) is 15.2. The zero-order chi connectivity index (χ0) is 26.6. The summed E-state index contributed by atoms with van der Waals surface area (Å²) >= 11 is 0. The van der Waals surface area contributed by atoms with E-state index in [-0.39, 0.29) is 12.8 Å². The largest absolute Gasteiger partial charge is 0.480 e. The fraction of sp³-hybridized carbons (Fsp3) is 0.720. The molecule has 0 aromatic carbocycles. The predicted molar refractivity (Wildman–Crippen MR) is 131 cm³/mol. The molecule has 2 unspecified atom stereocenters. The molecule has 1 aliphatic heterocycles. The minimum atomic E-state index is -4.49. The number of halogens is 3. The zero-order valence-electron chi connectivity index (χ0n) is 21.2. The maximum atomic E-state index is 12.7. The number of aliphatic carboxylic acids is 1. The molecule has 2 heterocycles. The Morgan fingerprint density at radius 2 is 2.03 bits per heavy atom. The van der Waals surface area contributed by atoms with Crippen LogP contribution in [0.1, 0.15) is 56.7 Å². The van der Waals surface area contributed by atoms with Crippen LogP contribution in [-0.4, -0.2) is 79.0 Å².